The van der Waals surface area contributed by atoms with Crippen LogP contribution in [-0.4, -0.2) is 67.4 Å². The van der Waals surface area contributed by atoms with Crippen molar-refractivity contribution in [2.24, 2.45) is 0 Å². The molecule has 3 aromatic rings. The number of fused-ring (bicyclic) bond motifs is 1. The lowest BCUT2D eigenvalue weighted by molar-refractivity contribution is -0.134. The summed E-state index contributed by atoms with van der Waals surface area (Å²) < 4.78 is 11.1. The monoisotopic (exact) mass is 554 g/mol. The van der Waals surface area contributed by atoms with Crippen molar-refractivity contribution < 1.29 is 14.3 Å². The number of amides is 1. The van der Waals surface area contributed by atoms with Gasteiger partial charge in [-0.3, -0.25) is 9.69 Å². The number of halogens is 2. The Hall–Kier alpha value is -2.65. The zero-order valence-electron chi connectivity index (χ0n) is 21.2. The van der Waals surface area contributed by atoms with Gasteiger partial charge in [0, 0.05) is 50.8 Å². The molecule has 9 heteroatoms. The summed E-state index contributed by atoms with van der Waals surface area (Å²) in [6, 6.07) is 20.9. The number of hydroxylamine groups is 2. The van der Waals surface area contributed by atoms with Gasteiger partial charge < -0.3 is 24.6 Å². The minimum absolute atomic E-state index is 0.00394. The first-order valence-electron chi connectivity index (χ1n) is 12.7. The van der Waals surface area contributed by atoms with Crippen LogP contribution in [0.3, 0.4) is 0 Å². The summed E-state index contributed by atoms with van der Waals surface area (Å²) in [5.74, 6) is 0.341. The number of nitrogens with zero attached hydrogens (tertiary/aromatic N) is 3. The van der Waals surface area contributed by atoms with Crippen LogP contribution < -0.4 is 4.74 Å². The van der Waals surface area contributed by atoms with Crippen molar-refractivity contribution in [1.82, 2.24) is 14.9 Å². The summed E-state index contributed by atoms with van der Waals surface area (Å²) in [4.78, 5) is 17.8. The van der Waals surface area contributed by atoms with Crippen molar-refractivity contribution in [3.8, 4) is 16.9 Å². The molecule has 3 aromatic carbocycles. The number of morpholine rings is 1. The van der Waals surface area contributed by atoms with Gasteiger partial charge in [-0.2, -0.15) is 0 Å². The average Bonchev–Trinajstić information content (AvgIpc) is 2.95. The molecule has 0 saturated carbocycles. The van der Waals surface area contributed by atoms with E-state index in [-0.39, 0.29) is 25.1 Å². The maximum absolute atomic E-state index is 13.7. The van der Waals surface area contributed by atoms with Crippen molar-refractivity contribution >= 4 is 29.1 Å². The molecule has 1 saturated heterocycles. The van der Waals surface area contributed by atoms with E-state index in [2.05, 4.69) is 41.3 Å². The van der Waals surface area contributed by atoms with Gasteiger partial charge in [-0.1, -0.05) is 77.8 Å². The summed E-state index contributed by atoms with van der Waals surface area (Å²) in [5.41, 5.74) is 3.86. The molecule has 38 heavy (non-hydrogen) atoms. The van der Waals surface area contributed by atoms with Crippen LogP contribution in [0.5, 0.6) is 5.75 Å². The quantitative estimate of drug-likeness (QED) is 0.369. The molecule has 0 bridgehead atoms. The third-order valence-electron chi connectivity index (χ3n) is 7.27. The Morgan fingerprint density at radius 2 is 1.68 bits per heavy atom. The van der Waals surface area contributed by atoms with Gasteiger partial charge in [0.05, 0.1) is 29.3 Å². The van der Waals surface area contributed by atoms with Crippen molar-refractivity contribution in [3.63, 3.8) is 0 Å². The molecule has 2 aliphatic rings. The first-order valence-corrected chi connectivity index (χ1v) is 13.4. The van der Waals surface area contributed by atoms with E-state index >= 15 is 0 Å². The number of carbonyl (C=O) groups excluding carboxylic acids is 1. The predicted molar refractivity (Wildman–Crippen MR) is 149 cm³/mol. The SMILES string of the molecule is CN(C(=O)CC1c2cc(Cl)c(Cl)cc2OCN1[O-])C(CN1CCOCC1)c1ccc(-c2ccccc2)cc1. The van der Waals surface area contributed by atoms with Gasteiger partial charge in [-0.25, -0.2) is 0 Å². The lowest BCUT2D eigenvalue weighted by Crippen LogP contribution is -2.44. The number of carbonyl (C=O) groups is 1. The summed E-state index contributed by atoms with van der Waals surface area (Å²) in [7, 11) is 1.81. The molecule has 0 radical (unpaired) electrons. The molecule has 1 fully saturated rings. The molecule has 2 unspecified atom stereocenters. The zero-order valence-corrected chi connectivity index (χ0v) is 22.7. The second kappa shape index (κ2) is 12.0. The molecule has 0 aromatic heterocycles. The molecular weight excluding hydrogens is 525 g/mol. The third-order valence-corrected chi connectivity index (χ3v) is 8.00. The van der Waals surface area contributed by atoms with Crippen molar-refractivity contribution in [3.05, 3.63) is 93.1 Å². The normalized spacial score (nSPS) is 18.9. The second-order valence-electron chi connectivity index (χ2n) is 9.64. The fourth-order valence-corrected chi connectivity index (χ4v) is 5.34. The molecule has 200 valence electrons. The van der Waals surface area contributed by atoms with Crippen molar-refractivity contribution in [2.45, 2.75) is 18.5 Å². The Bertz CT molecular complexity index is 1250. The van der Waals surface area contributed by atoms with Gasteiger partial charge in [0.25, 0.3) is 0 Å². The molecule has 1 amide bonds. The molecule has 5 rings (SSSR count). The average molecular weight is 555 g/mol. The Balaban J connectivity index is 1.39. The van der Waals surface area contributed by atoms with Crippen LogP contribution in [0, 0.1) is 5.21 Å². The van der Waals surface area contributed by atoms with Gasteiger partial charge in [0.15, 0.2) is 0 Å². The molecule has 2 aliphatic heterocycles. The van der Waals surface area contributed by atoms with Crippen LogP contribution in [0.1, 0.15) is 29.6 Å². The summed E-state index contributed by atoms with van der Waals surface area (Å²) in [5, 5.41) is 14.2. The summed E-state index contributed by atoms with van der Waals surface area (Å²) >= 11 is 12.4. The standard InChI is InChI=1S/C29H30Cl2N3O4/c1-32(29(35)17-26-23-15-24(30)25(31)16-28(23)38-19-34(26)36)27(18-33-11-13-37-14-12-33)22-9-7-21(8-10-22)20-5-3-2-4-6-20/h2-10,15-16,26-27H,11-14,17-19H2,1H3/q-1. The number of benzene rings is 3. The van der Waals surface area contributed by atoms with Crippen molar-refractivity contribution in [2.75, 3.05) is 46.6 Å². The first kappa shape index (κ1) is 26.9. The fraction of sp³-hybridized carbons (Fsp3) is 0.345. The van der Waals surface area contributed by atoms with Crippen LogP contribution in [-0.2, 0) is 9.53 Å². The zero-order chi connectivity index (χ0) is 26.6. The Kier molecular flexibility index (Phi) is 8.53. The number of hydrogen-bond acceptors (Lipinski definition) is 6. The van der Waals surface area contributed by atoms with Gasteiger partial charge in [-0.05, 0) is 22.8 Å². The van der Waals surface area contributed by atoms with Crippen LogP contribution in [0.15, 0.2) is 66.7 Å². The van der Waals surface area contributed by atoms with Gasteiger partial charge in [-0.15, -0.1) is 0 Å². The Morgan fingerprint density at radius 1 is 1.03 bits per heavy atom. The minimum Gasteiger partial charge on any atom is -0.782 e. The largest absolute Gasteiger partial charge is 0.782 e. The molecule has 2 heterocycles. The highest BCUT2D eigenvalue weighted by Gasteiger charge is 2.31. The number of rotatable bonds is 7. The van der Waals surface area contributed by atoms with E-state index in [9.17, 15) is 10.0 Å². The van der Waals surface area contributed by atoms with E-state index in [0.29, 0.717) is 41.1 Å². The third kappa shape index (κ3) is 5.99. The highest BCUT2D eigenvalue weighted by molar-refractivity contribution is 6.42. The lowest BCUT2D eigenvalue weighted by atomic mass is 9.97. The highest BCUT2D eigenvalue weighted by atomic mass is 35.5. The molecule has 7 nitrogen and oxygen atoms in total. The Morgan fingerprint density at radius 3 is 2.39 bits per heavy atom. The number of hydrogen-bond donors (Lipinski definition) is 0. The van der Waals surface area contributed by atoms with Crippen molar-refractivity contribution in [1.29, 1.82) is 0 Å². The summed E-state index contributed by atoms with van der Waals surface area (Å²) in [6.45, 7) is 3.45. The van der Waals surface area contributed by atoms with Gasteiger partial charge >= 0.3 is 0 Å². The second-order valence-corrected chi connectivity index (χ2v) is 10.5. The van der Waals surface area contributed by atoms with E-state index in [1.54, 1.807) is 17.0 Å². The molecule has 0 aliphatic carbocycles. The molecule has 0 N–H and O–H groups in total. The highest BCUT2D eigenvalue weighted by Crippen LogP contribution is 2.41. The molecular formula is C29H30Cl2N3O4-. The predicted octanol–water partition coefficient (Wildman–Crippen LogP) is 5.77. The van der Waals surface area contributed by atoms with Crippen LogP contribution in [0.4, 0.5) is 0 Å². The van der Waals surface area contributed by atoms with Crippen LogP contribution >= 0.6 is 23.2 Å². The smallest absolute Gasteiger partial charge is 0.224 e. The minimum atomic E-state index is -0.715. The van der Waals surface area contributed by atoms with E-state index < -0.39 is 6.04 Å². The first-order chi connectivity index (χ1) is 18.4. The van der Waals surface area contributed by atoms with E-state index in [1.807, 2.05) is 25.2 Å². The van der Waals surface area contributed by atoms with E-state index in [1.165, 1.54) is 0 Å². The Labute approximate surface area is 233 Å². The van der Waals surface area contributed by atoms with Crippen LogP contribution in [0.25, 0.3) is 11.1 Å². The van der Waals surface area contributed by atoms with E-state index in [0.717, 1.165) is 34.8 Å². The van der Waals surface area contributed by atoms with E-state index in [4.69, 9.17) is 32.7 Å². The molecule has 2 atom stereocenters. The lowest BCUT2D eigenvalue weighted by Gasteiger charge is -2.42. The summed E-state index contributed by atoms with van der Waals surface area (Å²) in [6.07, 6.45) is -0.00394. The maximum atomic E-state index is 13.7. The van der Waals surface area contributed by atoms with Gasteiger partial charge in [0.2, 0.25) is 5.91 Å². The van der Waals surface area contributed by atoms with Crippen LogP contribution in [0.2, 0.25) is 10.0 Å². The maximum Gasteiger partial charge on any atom is 0.224 e. The van der Waals surface area contributed by atoms with Gasteiger partial charge in [0.1, 0.15) is 12.5 Å². The number of ether oxygens (including phenoxy) is 2. The topological polar surface area (TPSA) is 68.3 Å². The molecule has 0 spiro atoms. The fourth-order valence-electron chi connectivity index (χ4n) is 5.01. The number of likely N-dealkylation sites (N-methyl/N-ethyl adjacent to an activating group) is 1.